The Balaban J connectivity index is 1.70. The average Bonchev–Trinajstić information content (AvgIpc) is 2.76. The van der Waals surface area contributed by atoms with Gasteiger partial charge in [-0.1, -0.05) is 0 Å². The molecule has 1 fully saturated rings. The molecule has 1 aliphatic heterocycles. The molecular formula is C14H20O3. The standard InChI is InChI=1S/C14H20O3/c1-11-8-12(15)10-14(9-11)17-7-3-5-13-4-2-6-16-13/h8-10,13,15H,2-7H2,1H3. The first-order chi connectivity index (χ1) is 8.24. The first-order valence-corrected chi connectivity index (χ1v) is 6.29. The van der Waals surface area contributed by atoms with Crippen LogP contribution in [0.3, 0.4) is 0 Å². The molecule has 0 amide bonds. The summed E-state index contributed by atoms with van der Waals surface area (Å²) < 4.78 is 11.2. The van der Waals surface area contributed by atoms with E-state index in [-0.39, 0.29) is 5.75 Å². The van der Waals surface area contributed by atoms with Crippen molar-refractivity contribution in [2.24, 2.45) is 0 Å². The molecule has 1 atom stereocenters. The number of aromatic hydroxyl groups is 1. The Morgan fingerprint density at radius 3 is 3.00 bits per heavy atom. The summed E-state index contributed by atoms with van der Waals surface area (Å²) in [5.41, 5.74) is 1.01. The summed E-state index contributed by atoms with van der Waals surface area (Å²) in [6, 6.07) is 5.31. The van der Waals surface area contributed by atoms with Crippen LogP contribution in [0.25, 0.3) is 0 Å². The van der Waals surface area contributed by atoms with E-state index in [1.54, 1.807) is 12.1 Å². The summed E-state index contributed by atoms with van der Waals surface area (Å²) >= 11 is 0. The second kappa shape index (κ2) is 5.92. The van der Waals surface area contributed by atoms with E-state index >= 15 is 0 Å². The molecule has 3 heteroatoms. The van der Waals surface area contributed by atoms with Gasteiger partial charge in [-0.25, -0.2) is 0 Å². The highest BCUT2D eigenvalue weighted by Gasteiger charge is 2.14. The van der Waals surface area contributed by atoms with Crippen LogP contribution in [0.5, 0.6) is 11.5 Å². The lowest BCUT2D eigenvalue weighted by Gasteiger charge is -2.10. The summed E-state index contributed by atoms with van der Waals surface area (Å²) in [6.07, 6.45) is 4.88. The van der Waals surface area contributed by atoms with Gasteiger partial charge in [0.15, 0.2) is 0 Å². The van der Waals surface area contributed by atoms with Crippen molar-refractivity contribution in [3.05, 3.63) is 23.8 Å². The van der Waals surface area contributed by atoms with E-state index in [0.717, 1.165) is 30.8 Å². The van der Waals surface area contributed by atoms with Gasteiger partial charge in [0.2, 0.25) is 0 Å². The lowest BCUT2D eigenvalue weighted by atomic mass is 10.1. The number of hydrogen-bond acceptors (Lipinski definition) is 3. The molecule has 0 saturated carbocycles. The molecule has 1 unspecified atom stereocenters. The molecule has 1 N–H and O–H groups in total. The van der Waals surface area contributed by atoms with Crippen LogP contribution < -0.4 is 4.74 Å². The SMILES string of the molecule is Cc1cc(O)cc(OCCCC2CCCO2)c1. The normalized spacial score (nSPS) is 19.5. The Bertz CT molecular complexity index is 336. The van der Waals surface area contributed by atoms with E-state index in [1.165, 1.54) is 12.8 Å². The van der Waals surface area contributed by atoms with Crippen LogP contribution >= 0.6 is 0 Å². The second-order valence-corrected chi connectivity index (χ2v) is 4.63. The molecule has 1 saturated heterocycles. The van der Waals surface area contributed by atoms with Gasteiger partial charge in [0.1, 0.15) is 11.5 Å². The average molecular weight is 236 g/mol. The predicted octanol–water partition coefficient (Wildman–Crippen LogP) is 3.04. The molecule has 1 aliphatic rings. The predicted molar refractivity (Wildman–Crippen MR) is 66.5 cm³/mol. The van der Waals surface area contributed by atoms with E-state index < -0.39 is 0 Å². The highest BCUT2D eigenvalue weighted by atomic mass is 16.5. The van der Waals surface area contributed by atoms with Crippen molar-refractivity contribution >= 4 is 0 Å². The third-order valence-electron chi connectivity index (χ3n) is 3.00. The Kier molecular flexibility index (Phi) is 4.26. The Morgan fingerprint density at radius 1 is 1.41 bits per heavy atom. The minimum absolute atomic E-state index is 0.263. The van der Waals surface area contributed by atoms with Gasteiger partial charge in [0, 0.05) is 12.7 Å². The van der Waals surface area contributed by atoms with Crippen molar-refractivity contribution in [2.45, 2.75) is 38.7 Å². The molecule has 0 aromatic heterocycles. The third-order valence-corrected chi connectivity index (χ3v) is 3.00. The number of phenols is 1. The molecule has 2 rings (SSSR count). The lowest BCUT2D eigenvalue weighted by Crippen LogP contribution is -2.07. The highest BCUT2D eigenvalue weighted by molar-refractivity contribution is 5.36. The van der Waals surface area contributed by atoms with Gasteiger partial charge >= 0.3 is 0 Å². The number of ether oxygens (including phenoxy) is 2. The molecule has 1 aromatic rings. The summed E-state index contributed by atoms with van der Waals surface area (Å²) in [7, 11) is 0. The van der Waals surface area contributed by atoms with E-state index in [9.17, 15) is 5.11 Å². The van der Waals surface area contributed by atoms with Gasteiger partial charge < -0.3 is 14.6 Å². The second-order valence-electron chi connectivity index (χ2n) is 4.63. The summed E-state index contributed by atoms with van der Waals surface area (Å²) in [4.78, 5) is 0. The number of benzene rings is 1. The van der Waals surface area contributed by atoms with E-state index in [2.05, 4.69) is 0 Å². The molecule has 94 valence electrons. The van der Waals surface area contributed by atoms with Crippen molar-refractivity contribution in [3.8, 4) is 11.5 Å². The van der Waals surface area contributed by atoms with E-state index in [0.29, 0.717) is 12.7 Å². The smallest absolute Gasteiger partial charge is 0.123 e. The minimum atomic E-state index is 0.263. The van der Waals surface area contributed by atoms with Gasteiger partial charge in [0.25, 0.3) is 0 Å². The fourth-order valence-corrected chi connectivity index (χ4v) is 2.18. The zero-order valence-corrected chi connectivity index (χ0v) is 10.3. The lowest BCUT2D eigenvalue weighted by molar-refractivity contribution is 0.0981. The molecule has 0 spiro atoms. The van der Waals surface area contributed by atoms with Gasteiger partial charge in [-0.05, 0) is 50.3 Å². The molecule has 0 bridgehead atoms. The van der Waals surface area contributed by atoms with Crippen LogP contribution in [0.15, 0.2) is 18.2 Å². The van der Waals surface area contributed by atoms with Crippen molar-refractivity contribution < 1.29 is 14.6 Å². The molecular weight excluding hydrogens is 216 g/mol. The minimum Gasteiger partial charge on any atom is -0.508 e. The fraction of sp³-hybridized carbons (Fsp3) is 0.571. The molecule has 0 radical (unpaired) electrons. The van der Waals surface area contributed by atoms with Crippen LogP contribution in [-0.4, -0.2) is 24.4 Å². The Morgan fingerprint density at radius 2 is 2.29 bits per heavy atom. The van der Waals surface area contributed by atoms with Crippen LogP contribution in [-0.2, 0) is 4.74 Å². The number of phenolic OH excluding ortho intramolecular Hbond substituents is 1. The van der Waals surface area contributed by atoms with Crippen LogP contribution in [0.1, 0.15) is 31.2 Å². The van der Waals surface area contributed by atoms with Gasteiger partial charge in [-0.2, -0.15) is 0 Å². The van der Waals surface area contributed by atoms with E-state index in [4.69, 9.17) is 9.47 Å². The van der Waals surface area contributed by atoms with Crippen molar-refractivity contribution in [2.75, 3.05) is 13.2 Å². The summed E-state index contributed by atoms with van der Waals surface area (Å²) in [6.45, 7) is 3.54. The van der Waals surface area contributed by atoms with Crippen LogP contribution in [0.2, 0.25) is 0 Å². The largest absolute Gasteiger partial charge is 0.508 e. The quantitative estimate of drug-likeness (QED) is 0.799. The van der Waals surface area contributed by atoms with E-state index in [1.807, 2.05) is 13.0 Å². The zero-order chi connectivity index (χ0) is 12.1. The third kappa shape index (κ3) is 3.93. The zero-order valence-electron chi connectivity index (χ0n) is 10.3. The first-order valence-electron chi connectivity index (χ1n) is 6.29. The maximum absolute atomic E-state index is 9.42. The monoisotopic (exact) mass is 236 g/mol. The summed E-state index contributed by atoms with van der Waals surface area (Å²) in [5, 5.41) is 9.42. The summed E-state index contributed by atoms with van der Waals surface area (Å²) in [5.74, 6) is 1.01. The maximum atomic E-state index is 9.42. The van der Waals surface area contributed by atoms with Gasteiger partial charge in [0.05, 0.1) is 12.7 Å². The van der Waals surface area contributed by atoms with Crippen LogP contribution in [0, 0.1) is 6.92 Å². The Hall–Kier alpha value is -1.22. The number of rotatable bonds is 5. The molecule has 3 nitrogen and oxygen atoms in total. The number of hydrogen-bond donors (Lipinski definition) is 1. The molecule has 0 aliphatic carbocycles. The van der Waals surface area contributed by atoms with Crippen molar-refractivity contribution in [1.82, 2.24) is 0 Å². The Labute approximate surface area is 102 Å². The maximum Gasteiger partial charge on any atom is 0.123 e. The van der Waals surface area contributed by atoms with Crippen LogP contribution in [0.4, 0.5) is 0 Å². The fourth-order valence-electron chi connectivity index (χ4n) is 2.18. The van der Waals surface area contributed by atoms with Gasteiger partial charge in [-0.3, -0.25) is 0 Å². The highest BCUT2D eigenvalue weighted by Crippen LogP contribution is 2.22. The first kappa shape index (κ1) is 12.2. The van der Waals surface area contributed by atoms with Gasteiger partial charge in [-0.15, -0.1) is 0 Å². The number of aryl methyl sites for hydroxylation is 1. The van der Waals surface area contributed by atoms with Crippen molar-refractivity contribution in [1.29, 1.82) is 0 Å². The topological polar surface area (TPSA) is 38.7 Å². The molecule has 1 heterocycles. The molecule has 1 aromatic carbocycles. The van der Waals surface area contributed by atoms with Crippen molar-refractivity contribution in [3.63, 3.8) is 0 Å². The molecule has 17 heavy (non-hydrogen) atoms.